The van der Waals surface area contributed by atoms with Crippen molar-refractivity contribution in [3.05, 3.63) is 68.7 Å². The molecule has 0 aliphatic heterocycles. The quantitative estimate of drug-likeness (QED) is 0.813. The lowest BCUT2D eigenvalue weighted by molar-refractivity contribution is 0.686. The zero-order valence-electron chi connectivity index (χ0n) is 10.9. The molecule has 2 rings (SSSR count). The van der Waals surface area contributed by atoms with Gasteiger partial charge in [-0.25, -0.2) is 0 Å². The molecule has 0 amide bonds. The Morgan fingerprint density at radius 2 is 1.68 bits per heavy atom. The second-order valence-corrected chi connectivity index (χ2v) is 5.75. The van der Waals surface area contributed by atoms with Crippen molar-refractivity contribution in [1.82, 2.24) is 5.32 Å². The van der Waals surface area contributed by atoms with Gasteiger partial charge in [0.2, 0.25) is 0 Å². The van der Waals surface area contributed by atoms with Gasteiger partial charge in [0.1, 0.15) is 0 Å². The van der Waals surface area contributed by atoms with E-state index in [-0.39, 0.29) is 0 Å². The third-order valence-electron chi connectivity index (χ3n) is 3.15. The number of hydrogen-bond acceptors (Lipinski definition) is 1. The number of nitrogens with one attached hydrogen (secondary N) is 1. The van der Waals surface area contributed by atoms with Crippen LogP contribution in [0.4, 0.5) is 0 Å². The van der Waals surface area contributed by atoms with Gasteiger partial charge in [0.25, 0.3) is 0 Å². The van der Waals surface area contributed by atoms with E-state index in [0.717, 1.165) is 29.0 Å². The van der Waals surface area contributed by atoms with E-state index < -0.39 is 0 Å². The first kappa shape index (κ1) is 14.6. The maximum Gasteiger partial charge on any atom is 0.0417 e. The second kappa shape index (κ2) is 7.09. The van der Waals surface area contributed by atoms with E-state index in [1.165, 1.54) is 16.7 Å². The van der Waals surface area contributed by atoms with Gasteiger partial charge in [-0.15, -0.1) is 0 Å². The molecular weight excluding hydrogens is 322 g/mol. The highest BCUT2D eigenvalue weighted by molar-refractivity contribution is 9.10. The maximum absolute atomic E-state index is 5.94. The summed E-state index contributed by atoms with van der Waals surface area (Å²) < 4.78 is 1.05. The molecule has 0 aromatic heterocycles. The zero-order chi connectivity index (χ0) is 13.7. The molecule has 0 saturated carbocycles. The van der Waals surface area contributed by atoms with Crippen LogP contribution in [0.1, 0.15) is 23.6 Å². The Bertz CT molecular complexity index is 554. The lowest BCUT2D eigenvalue weighted by Crippen LogP contribution is -2.14. The minimum atomic E-state index is 0.756. The van der Waals surface area contributed by atoms with Gasteiger partial charge in [0.05, 0.1) is 0 Å². The summed E-state index contributed by atoms with van der Waals surface area (Å²) in [5.41, 5.74) is 4.00. The van der Waals surface area contributed by atoms with Gasteiger partial charge in [-0.05, 0) is 35.2 Å². The fourth-order valence-corrected chi connectivity index (χ4v) is 2.89. The maximum atomic E-state index is 5.94. The van der Waals surface area contributed by atoms with Crippen LogP contribution in [0.2, 0.25) is 5.02 Å². The predicted octanol–water partition coefficient (Wildman–Crippen LogP) is 4.95. The third kappa shape index (κ3) is 4.07. The molecule has 100 valence electrons. The number of benzene rings is 2. The van der Waals surface area contributed by atoms with Crippen LogP contribution in [0.15, 0.2) is 46.9 Å². The lowest BCUT2D eigenvalue weighted by Gasteiger charge is -2.10. The van der Waals surface area contributed by atoms with Crippen molar-refractivity contribution in [2.24, 2.45) is 0 Å². The molecule has 0 spiro atoms. The monoisotopic (exact) mass is 337 g/mol. The van der Waals surface area contributed by atoms with Crippen LogP contribution in [0.25, 0.3) is 0 Å². The van der Waals surface area contributed by atoms with E-state index >= 15 is 0 Å². The summed E-state index contributed by atoms with van der Waals surface area (Å²) in [7, 11) is 0. The van der Waals surface area contributed by atoms with Gasteiger partial charge in [0.15, 0.2) is 0 Å². The Hall–Kier alpha value is -0.830. The first-order chi connectivity index (χ1) is 9.20. The van der Waals surface area contributed by atoms with Crippen molar-refractivity contribution in [3.63, 3.8) is 0 Å². The molecular formula is C16H17BrClN. The van der Waals surface area contributed by atoms with E-state index in [0.29, 0.717) is 0 Å². The minimum Gasteiger partial charge on any atom is -0.309 e. The number of aryl methyl sites for hydroxylation is 1. The molecule has 0 fully saturated rings. The largest absolute Gasteiger partial charge is 0.309 e. The van der Waals surface area contributed by atoms with Gasteiger partial charge in [-0.2, -0.15) is 0 Å². The Labute approximate surface area is 128 Å². The van der Waals surface area contributed by atoms with Crippen LogP contribution in [-0.4, -0.2) is 0 Å². The molecule has 3 heteroatoms. The number of hydrogen-bond donors (Lipinski definition) is 1. The highest BCUT2D eigenvalue weighted by Gasteiger charge is 2.02. The molecule has 0 saturated heterocycles. The van der Waals surface area contributed by atoms with Gasteiger partial charge < -0.3 is 5.32 Å². The summed E-state index contributed by atoms with van der Waals surface area (Å²) in [6, 6.07) is 14.5. The summed E-state index contributed by atoms with van der Waals surface area (Å²) in [6.45, 7) is 3.91. The van der Waals surface area contributed by atoms with Crippen LogP contribution >= 0.6 is 27.5 Å². The van der Waals surface area contributed by atoms with Crippen LogP contribution < -0.4 is 5.32 Å². The van der Waals surface area contributed by atoms with Crippen molar-refractivity contribution in [1.29, 1.82) is 0 Å². The molecule has 0 unspecified atom stereocenters. The van der Waals surface area contributed by atoms with E-state index in [4.69, 9.17) is 11.6 Å². The first-order valence-electron chi connectivity index (χ1n) is 6.42. The summed E-state index contributed by atoms with van der Waals surface area (Å²) in [5.74, 6) is 0. The van der Waals surface area contributed by atoms with Crippen LogP contribution in [0.5, 0.6) is 0 Å². The Balaban J connectivity index is 1.96. The van der Waals surface area contributed by atoms with Crippen LogP contribution in [0, 0.1) is 0 Å². The molecule has 2 aromatic rings. The van der Waals surface area contributed by atoms with E-state index in [2.05, 4.69) is 52.4 Å². The zero-order valence-corrected chi connectivity index (χ0v) is 13.3. The van der Waals surface area contributed by atoms with E-state index in [1.54, 1.807) is 0 Å². The van der Waals surface area contributed by atoms with Crippen LogP contribution in [0.3, 0.4) is 0 Å². The molecule has 0 atom stereocenters. The van der Waals surface area contributed by atoms with Crippen LogP contribution in [-0.2, 0) is 19.5 Å². The second-order valence-electron chi connectivity index (χ2n) is 4.46. The first-order valence-corrected chi connectivity index (χ1v) is 7.59. The van der Waals surface area contributed by atoms with Crippen molar-refractivity contribution < 1.29 is 0 Å². The van der Waals surface area contributed by atoms with Gasteiger partial charge in [-0.3, -0.25) is 0 Å². The molecule has 19 heavy (non-hydrogen) atoms. The Kier molecular flexibility index (Phi) is 5.44. The Morgan fingerprint density at radius 1 is 1.00 bits per heavy atom. The molecule has 1 nitrogen and oxygen atoms in total. The average Bonchev–Trinajstić information content (AvgIpc) is 2.42. The van der Waals surface area contributed by atoms with Crippen molar-refractivity contribution in [2.45, 2.75) is 26.4 Å². The standard InChI is InChI=1S/C16H17BrClN/c1-2-12-5-3-4-6-13(12)10-19-11-14-7-8-15(18)9-16(14)17/h3-9,19H,2,10-11H2,1H3. The molecule has 1 N–H and O–H groups in total. The van der Waals surface area contributed by atoms with Crippen molar-refractivity contribution in [2.75, 3.05) is 0 Å². The topological polar surface area (TPSA) is 12.0 Å². The molecule has 0 heterocycles. The van der Waals surface area contributed by atoms with E-state index in [1.807, 2.05) is 18.2 Å². The summed E-state index contributed by atoms with van der Waals surface area (Å²) in [6.07, 6.45) is 1.07. The van der Waals surface area contributed by atoms with E-state index in [9.17, 15) is 0 Å². The summed E-state index contributed by atoms with van der Waals surface area (Å²) in [4.78, 5) is 0. The highest BCUT2D eigenvalue weighted by atomic mass is 79.9. The summed E-state index contributed by atoms with van der Waals surface area (Å²) in [5, 5.41) is 4.24. The fraction of sp³-hybridized carbons (Fsp3) is 0.250. The number of halogens is 2. The fourth-order valence-electron chi connectivity index (χ4n) is 2.07. The normalized spacial score (nSPS) is 10.7. The lowest BCUT2D eigenvalue weighted by atomic mass is 10.1. The number of rotatable bonds is 5. The van der Waals surface area contributed by atoms with Gasteiger partial charge in [0, 0.05) is 22.6 Å². The minimum absolute atomic E-state index is 0.756. The predicted molar refractivity (Wildman–Crippen MR) is 85.5 cm³/mol. The molecule has 0 bridgehead atoms. The molecule has 0 aliphatic carbocycles. The SMILES string of the molecule is CCc1ccccc1CNCc1ccc(Cl)cc1Br. The molecule has 2 aromatic carbocycles. The molecule has 0 radical (unpaired) electrons. The van der Waals surface area contributed by atoms with Crippen molar-refractivity contribution >= 4 is 27.5 Å². The third-order valence-corrected chi connectivity index (χ3v) is 4.12. The van der Waals surface area contributed by atoms with Gasteiger partial charge in [-0.1, -0.05) is 64.8 Å². The average molecular weight is 339 g/mol. The molecule has 0 aliphatic rings. The smallest absolute Gasteiger partial charge is 0.0417 e. The summed E-state index contributed by atoms with van der Waals surface area (Å²) >= 11 is 9.47. The van der Waals surface area contributed by atoms with Crippen molar-refractivity contribution in [3.8, 4) is 0 Å². The highest BCUT2D eigenvalue weighted by Crippen LogP contribution is 2.21. The Morgan fingerprint density at radius 3 is 2.37 bits per heavy atom. The van der Waals surface area contributed by atoms with Gasteiger partial charge >= 0.3 is 0 Å².